The minimum absolute atomic E-state index is 0.171. The van der Waals surface area contributed by atoms with Gasteiger partial charge >= 0.3 is 5.97 Å². The molecule has 0 aromatic carbocycles. The molecule has 8 nitrogen and oxygen atoms in total. The van der Waals surface area contributed by atoms with E-state index in [1.165, 1.54) is 6.07 Å². The number of pyridine rings is 1. The van der Waals surface area contributed by atoms with E-state index in [0.717, 1.165) is 19.3 Å². The fraction of sp³-hybridized carbons (Fsp3) is 0.389. The first-order chi connectivity index (χ1) is 13.1. The number of amidine groups is 1. The SMILES string of the molecule is O=C(O)C1CN=C(c2ccc(NCC3(c4ncccc4F)CCC3)nn2)N1. The molecule has 0 spiro atoms. The Morgan fingerprint density at radius 3 is 2.78 bits per heavy atom. The highest BCUT2D eigenvalue weighted by Gasteiger charge is 2.41. The van der Waals surface area contributed by atoms with Gasteiger partial charge in [-0.15, -0.1) is 10.2 Å². The van der Waals surface area contributed by atoms with Gasteiger partial charge in [0, 0.05) is 18.2 Å². The summed E-state index contributed by atoms with van der Waals surface area (Å²) in [5, 5.41) is 23.3. The van der Waals surface area contributed by atoms with Crippen molar-refractivity contribution in [1.82, 2.24) is 20.5 Å². The standard InChI is InChI=1S/C18H19FN6O2/c19-11-3-1-8-20-15(11)18(6-2-7-18)10-22-14-5-4-12(24-25-14)16-21-9-13(23-16)17(26)27/h1,3-5,8,13H,2,6-7,9-10H2,(H,21,23)(H,22,25)(H,26,27). The Bertz CT molecular complexity index is 882. The molecule has 1 saturated carbocycles. The molecule has 3 N–H and O–H groups in total. The molecule has 0 radical (unpaired) electrons. The van der Waals surface area contributed by atoms with Crippen LogP contribution < -0.4 is 10.6 Å². The molecule has 2 aromatic rings. The number of aromatic nitrogens is 3. The first-order valence-electron chi connectivity index (χ1n) is 8.80. The van der Waals surface area contributed by atoms with Gasteiger partial charge in [-0.1, -0.05) is 6.42 Å². The molecule has 1 fully saturated rings. The molecule has 0 amide bonds. The molecule has 2 aromatic heterocycles. The van der Waals surface area contributed by atoms with Crippen molar-refractivity contribution in [3.63, 3.8) is 0 Å². The number of carbonyl (C=O) groups is 1. The Kier molecular flexibility index (Phi) is 4.43. The van der Waals surface area contributed by atoms with Gasteiger partial charge in [-0.05, 0) is 37.1 Å². The Labute approximate surface area is 155 Å². The first kappa shape index (κ1) is 17.3. The van der Waals surface area contributed by atoms with Gasteiger partial charge in [0.1, 0.15) is 29.2 Å². The van der Waals surface area contributed by atoms with Gasteiger partial charge in [0.15, 0.2) is 0 Å². The normalized spacial score (nSPS) is 20.3. The zero-order valence-electron chi connectivity index (χ0n) is 14.5. The molecular formula is C18H19FN6O2. The molecule has 1 aliphatic carbocycles. The maximum Gasteiger partial charge on any atom is 0.328 e. The summed E-state index contributed by atoms with van der Waals surface area (Å²) in [5.74, 6) is -0.242. The lowest BCUT2D eigenvalue weighted by atomic mass is 9.66. The molecule has 0 bridgehead atoms. The fourth-order valence-electron chi connectivity index (χ4n) is 3.42. The van der Waals surface area contributed by atoms with Gasteiger partial charge in [-0.3, -0.25) is 9.98 Å². The molecule has 9 heteroatoms. The van der Waals surface area contributed by atoms with E-state index in [1.54, 1.807) is 24.4 Å². The Morgan fingerprint density at radius 1 is 1.33 bits per heavy atom. The summed E-state index contributed by atoms with van der Waals surface area (Å²) in [6.07, 6.45) is 4.40. The summed E-state index contributed by atoms with van der Waals surface area (Å²) in [5.41, 5.74) is 0.660. The highest BCUT2D eigenvalue weighted by atomic mass is 19.1. The van der Waals surface area contributed by atoms with E-state index in [0.29, 0.717) is 29.6 Å². The van der Waals surface area contributed by atoms with E-state index >= 15 is 0 Å². The number of aliphatic carboxylic acids is 1. The van der Waals surface area contributed by atoms with Gasteiger partial charge in [0.05, 0.1) is 12.2 Å². The minimum Gasteiger partial charge on any atom is -0.480 e. The van der Waals surface area contributed by atoms with Crippen molar-refractivity contribution in [3.8, 4) is 0 Å². The molecule has 27 heavy (non-hydrogen) atoms. The van der Waals surface area contributed by atoms with Gasteiger partial charge in [-0.2, -0.15) is 0 Å². The molecule has 0 saturated heterocycles. The lowest BCUT2D eigenvalue weighted by Crippen LogP contribution is -2.42. The molecule has 3 heterocycles. The monoisotopic (exact) mass is 370 g/mol. The van der Waals surface area contributed by atoms with E-state index in [2.05, 4.69) is 30.8 Å². The third kappa shape index (κ3) is 3.32. The van der Waals surface area contributed by atoms with Crippen LogP contribution in [-0.4, -0.2) is 51.2 Å². The summed E-state index contributed by atoms with van der Waals surface area (Å²) >= 11 is 0. The number of halogens is 1. The summed E-state index contributed by atoms with van der Waals surface area (Å²) in [4.78, 5) is 19.4. The number of hydrogen-bond donors (Lipinski definition) is 3. The van der Waals surface area contributed by atoms with Gasteiger partial charge in [0.25, 0.3) is 0 Å². The van der Waals surface area contributed by atoms with Crippen LogP contribution in [0.3, 0.4) is 0 Å². The summed E-state index contributed by atoms with van der Waals surface area (Å²) in [7, 11) is 0. The molecule has 4 rings (SSSR count). The smallest absolute Gasteiger partial charge is 0.328 e. The maximum atomic E-state index is 14.2. The van der Waals surface area contributed by atoms with Crippen LogP contribution in [0.2, 0.25) is 0 Å². The largest absolute Gasteiger partial charge is 0.480 e. The van der Waals surface area contributed by atoms with Crippen molar-refractivity contribution < 1.29 is 14.3 Å². The average Bonchev–Trinajstić information content (AvgIpc) is 3.13. The molecule has 1 atom stereocenters. The van der Waals surface area contributed by atoms with Crippen molar-refractivity contribution in [2.24, 2.45) is 4.99 Å². The summed E-state index contributed by atoms with van der Waals surface area (Å²) in [6, 6.07) is 5.78. The number of rotatable bonds is 6. The predicted octanol–water partition coefficient (Wildman–Crippen LogP) is 1.35. The lowest BCUT2D eigenvalue weighted by Gasteiger charge is -2.41. The Balaban J connectivity index is 1.42. The number of nitrogens with zero attached hydrogens (tertiary/aromatic N) is 4. The van der Waals surface area contributed by atoms with Gasteiger partial charge in [0.2, 0.25) is 0 Å². The highest BCUT2D eigenvalue weighted by molar-refractivity contribution is 6.01. The van der Waals surface area contributed by atoms with Crippen molar-refractivity contribution in [2.45, 2.75) is 30.7 Å². The highest BCUT2D eigenvalue weighted by Crippen LogP contribution is 2.43. The van der Waals surface area contributed by atoms with Crippen LogP contribution in [0, 0.1) is 5.82 Å². The van der Waals surface area contributed by atoms with Crippen LogP contribution in [0.1, 0.15) is 30.7 Å². The van der Waals surface area contributed by atoms with Crippen LogP contribution in [-0.2, 0) is 10.2 Å². The van der Waals surface area contributed by atoms with Crippen molar-refractivity contribution >= 4 is 17.6 Å². The van der Waals surface area contributed by atoms with Crippen molar-refractivity contribution in [3.05, 3.63) is 47.7 Å². The van der Waals surface area contributed by atoms with Crippen LogP contribution in [0.25, 0.3) is 0 Å². The predicted molar refractivity (Wildman–Crippen MR) is 96.2 cm³/mol. The fourth-order valence-corrected chi connectivity index (χ4v) is 3.42. The van der Waals surface area contributed by atoms with Crippen LogP contribution in [0.15, 0.2) is 35.5 Å². The summed E-state index contributed by atoms with van der Waals surface area (Å²) < 4.78 is 14.2. The van der Waals surface area contributed by atoms with Gasteiger partial charge < -0.3 is 15.7 Å². The molecule has 2 aliphatic rings. The topological polar surface area (TPSA) is 112 Å². The number of aliphatic imine (C=N–C) groups is 1. The third-order valence-corrected chi connectivity index (χ3v) is 5.13. The quantitative estimate of drug-likeness (QED) is 0.703. The number of anilines is 1. The number of nitrogens with one attached hydrogen (secondary N) is 2. The van der Waals surface area contributed by atoms with E-state index in [4.69, 9.17) is 5.11 Å². The zero-order chi connectivity index (χ0) is 18.9. The molecular weight excluding hydrogens is 351 g/mol. The number of hydrogen-bond acceptors (Lipinski definition) is 7. The number of carboxylic acids is 1. The first-order valence-corrected chi connectivity index (χ1v) is 8.80. The third-order valence-electron chi connectivity index (χ3n) is 5.13. The second-order valence-corrected chi connectivity index (χ2v) is 6.85. The van der Waals surface area contributed by atoms with E-state index in [-0.39, 0.29) is 17.8 Å². The molecule has 1 aliphatic heterocycles. The minimum atomic E-state index is -0.951. The van der Waals surface area contributed by atoms with Crippen LogP contribution >= 0.6 is 0 Å². The second kappa shape index (κ2) is 6.90. The van der Waals surface area contributed by atoms with Crippen molar-refractivity contribution in [2.75, 3.05) is 18.4 Å². The van der Waals surface area contributed by atoms with E-state index in [9.17, 15) is 9.18 Å². The van der Waals surface area contributed by atoms with Gasteiger partial charge in [-0.25, -0.2) is 9.18 Å². The number of carboxylic acid groups (broad SMARTS) is 1. The summed E-state index contributed by atoms with van der Waals surface area (Å²) in [6.45, 7) is 0.694. The second-order valence-electron chi connectivity index (χ2n) is 6.85. The van der Waals surface area contributed by atoms with Crippen LogP contribution in [0.5, 0.6) is 0 Å². The van der Waals surface area contributed by atoms with E-state index < -0.39 is 12.0 Å². The molecule has 140 valence electrons. The van der Waals surface area contributed by atoms with E-state index in [1.807, 2.05) is 0 Å². The van der Waals surface area contributed by atoms with Crippen molar-refractivity contribution in [1.29, 1.82) is 0 Å². The average molecular weight is 370 g/mol. The van der Waals surface area contributed by atoms with Crippen LogP contribution in [0.4, 0.5) is 10.2 Å². The molecule has 1 unspecified atom stereocenters. The Morgan fingerprint density at radius 2 is 2.19 bits per heavy atom. The lowest BCUT2D eigenvalue weighted by molar-refractivity contribution is -0.138. The maximum absolute atomic E-state index is 14.2. The zero-order valence-corrected chi connectivity index (χ0v) is 14.5. The Hall–Kier alpha value is -3.10.